The summed E-state index contributed by atoms with van der Waals surface area (Å²) in [5.74, 6) is 0. The third-order valence-electron chi connectivity index (χ3n) is 5.18. The van der Waals surface area contributed by atoms with Crippen LogP contribution < -0.4 is 5.73 Å². The van der Waals surface area contributed by atoms with Gasteiger partial charge in [0, 0.05) is 37.8 Å². The molecular weight excluding hydrogens is 258 g/mol. The van der Waals surface area contributed by atoms with E-state index in [4.69, 9.17) is 5.73 Å². The van der Waals surface area contributed by atoms with E-state index >= 15 is 0 Å². The summed E-state index contributed by atoms with van der Waals surface area (Å²) in [7, 11) is 0. The predicted molar refractivity (Wildman–Crippen MR) is 88.4 cm³/mol. The SMILES string of the molecule is CC1CN2CCCC2CN1CC(N)CCc1ccccc1. The number of nitrogens with two attached hydrogens (primary N) is 1. The Morgan fingerprint density at radius 3 is 2.86 bits per heavy atom. The summed E-state index contributed by atoms with van der Waals surface area (Å²) in [6.07, 6.45) is 4.94. The van der Waals surface area contributed by atoms with Gasteiger partial charge in [-0.2, -0.15) is 0 Å². The average Bonchev–Trinajstić information content (AvgIpc) is 2.94. The van der Waals surface area contributed by atoms with Crippen LogP contribution in [0.2, 0.25) is 0 Å². The third-order valence-corrected chi connectivity index (χ3v) is 5.18. The fraction of sp³-hybridized carbons (Fsp3) is 0.667. The van der Waals surface area contributed by atoms with Gasteiger partial charge in [-0.3, -0.25) is 9.80 Å². The Labute approximate surface area is 129 Å². The molecule has 3 atom stereocenters. The summed E-state index contributed by atoms with van der Waals surface area (Å²) in [4.78, 5) is 5.30. The molecule has 0 bridgehead atoms. The Hall–Kier alpha value is -0.900. The molecule has 3 rings (SSSR count). The Kier molecular flexibility index (Phi) is 4.94. The molecule has 2 aliphatic rings. The van der Waals surface area contributed by atoms with Gasteiger partial charge < -0.3 is 5.73 Å². The quantitative estimate of drug-likeness (QED) is 0.900. The fourth-order valence-electron chi connectivity index (χ4n) is 3.89. The van der Waals surface area contributed by atoms with Crippen molar-refractivity contribution in [3.63, 3.8) is 0 Å². The van der Waals surface area contributed by atoms with E-state index in [1.807, 2.05) is 0 Å². The Balaban J connectivity index is 1.46. The van der Waals surface area contributed by atoms with Crippen molar-refractivity contribution in [2.45, 2.75) is 50.7 Å². The molecule has 0 spiro atoms. The summed E-state index contributed by atoms with van der Waals surface area (Å²) < 4.78 is 0. The van der Waals surface area contributed by atoms with E-state index in [0.29, 0.717) is 12.1 Å². The zero-order valence-corrected chi connectivity index (χ0v) is 13.2. The Bertz CT molecular complexity index is 433. The van der Waals surface area contributed by atoms with E-state index in [1.165, 1.54) is 38.0 Å². The lowest BCUT2D eigenvalue weighted by molar-refractivity contribution is 0.0548. The predicted octanol–water partition coefficient (Wildman–Crippen LogP) is 2.11. The number of hydrogen-bond donors (Lipinski definition) is 1. The third kappa shape index (κ3) is 3.85. The minimum absolute atomic E-state index is 0.292. The van der Waals surface area contributed by atoms with Crippen molar-refractivity contribution in [1.82, 2.24) is 9.80 Å². The molecule has 2 aliphatic heterocycles. The molecule has 2 N–H and O–H groups in total. The minimum Gasteiger partial charge on any atom is -0.327 e. The summed E-state index contributed by atoms with van der Waals surface area (Å²) in [6, 6.07) is 12.4. The van der Waals surface area contributed by atoms with Crippen LogP contribution in [0, 0.1) is 0 Å². The molecule has 0 aliphatic carbocycles. The molecule has 2 fully saturated rings. The van der Waals surface area contributed by atoms with Crippen molar-refractivity contribution in [2.75, 3.05) is 26.2 Å². The highest BCUT2D eigenvalue weighted by Gasteiger charge is 2.34. The molecule has 21 heavy (non-hydrogen) atoms. The molecule has 0 aromatic heterocycles. The van der Waals surface area contributed by atoms with Crippen molar-refractivity contribution in [1.29, 1.82) is 0 Å². The van der Waals surface area contributed by atoms with Gasteiger partial charge in [-0.05, 0) is 44.7 Å². The lowest BCUT2D eigenvalue weighted by atomic mass is 10.0. The molecule has 0 radical (unpaired) electrons. The number of hydrogen-bond acceptors (Lipinski definition) is 3. The largest absolute Gasteiger partial charge is 0.327 e. The molecule has 2 saturated heterocycles. The molecule has 116 valence electrons. The number of nitrogens with zero attached hydrogens (tertiary/aromatic N) is 2. The second-order valence-electron chi connectivity index (χ2n) is 6.88. The van der Waals surface area contributed by atoms with Gasteiger partial charge in [0.05, 0.1) is 0 Å². The maximum atomic E-state index is 6.40. The standard InChI is InChI=1S/C18H29N3/c1-15-12-20-11-5-8-18(20)14-21(15)13-17(19)10-9-16-6-3-2-4-7-16/h2-4,6-7,15,17-18H,5,8-14,19H2,1H3. The Morgan fingerprint density at radius 1 is 1.24 bits per heavy atom. The van der Waals surface area contributed by atoms with Crippen LogP contribution in [0.25, 0.3) is 0 Å². The highest BCUT2D eigenvalue weighted by Crippen LogP contribution is 2.24. The van der Waals surface area contributed by atoms with Gasteiger partial charge in [0.1, 0.15) is 0 Å². The van der Waals surface area contributed by atoms with E-state index in [-0.39, 0.29) is 0 Å². The van der Waals surface area contributed by atoms with Crippen LogP contribution in [0.1, 0.15) is 31.7 Å². The summed E-state index contributed by atoms with van der Waals surface area (Å²) in [5.41, 5.74) is 7.80. The molecule has 0 saturated carbocycles. The van der Waals surface area contributed by atoms with E-state index in [0.717, 1.165) is 25.4 Å². The number of fused-ring (bicyclic) bond motifs is 1. The first kappa shape index (κ1) is 15.0. The maximum Gasteiger partial charge on any atom is 0.0224 e. The van der Waals surface area contributed by atoms with Gasteiger partial charge in [0.15, 0.2) is 0 Å². The zero-order chi connectivity index (χ0) is 14.7. The van der Waals surface area contributed by atoms with Crippen LogP contribution in [0.5, 0.6) is 0 Å². The normalized spacial score (nSPS) is 28.5. The van der Waals surface area contributed by atoms with Crippen molar-refractivity contribution in [2.24, 2.45) is 5.73 Å². The topological polar surface area (TPSA) is 32.5 Å². The number of aryl methyl sites for hydroxylation is 1. The van der Waals surface area contributed by atoms with Crippen LogP contribution in [0.3, 0.4) is 0 Å². The average molecular weight is 287 g/mol. The molecule has 3 heteroatoms. The smallest absolute Gasteiger partial charge is 0.0224 e. The summed E-state index contributed by atoms with van der Waals surface area (Å²) in [6.45, 7) is 7.18. The summed E-state index contributed by atoms with van der Waals surface area (Å²) >= 11 is 0. The fourth-order valence-corrected chi connectivity index (χ4v) is 3.89. The second kappa shape index (κ2) is 6.91. The molecule has 1 aromatic carbocycles. The molecule has 0 amide bonds. The van der Waals surface area contributed by atoms with Gasteiger partial charge in [-0.25, -0.2) is 0 Å². The first-order chi connectivity index (χ1) is 10.2. The van der Waals surface area contributed by atoms with Gasteiger partial charge in [-0.15, -0.1) is 0 Å². The monoisotopic (exact) mass is 287 g/mol. The summed E-state index contributed by atoms with van der Waals surface area (Å²) in [5, 5.41) is 0. The first-order valence-corrected chi connectivity index (χ1v) is 8.50. The van der Waals surface area contributed by atoms with Crippen molar-refractivity contribution in [3.8, 4) is 0 Å². The van der Waals surface area contributed by atoms with E-state index in [2.05, 4.69) is 47.1 Å². The van der Waals surface area contributed by atoms with Crippen LogP contribution in [-0.4, -0.2) is 54.1 Å². The van der Waals surface area contributed by atoms with E-state index in [1.54, 1.807) is 0 Å². The van der Waals surface area contributed by atoms with Gasteiger partial charge in [-0.1, -0.05) is 30.3 Å². The van der Waals surface area contributed by atoms with Crippen LogP contribution in [0.4, 0.5) is 0 Å². The number of piperazine rings is 1. The molecule has 1 aromatic rings. The number of rotatable bonds is 5. The number of benzene rings is 1. The van der Waals surface area contributed by atoms with Crippen molar-refractivity contribution in [3.05, 3.63) is 35.9 Å². The van der Waals surface area contributed by atoms with E-state index < -0.39 is 0 Å². The van der Waals surface area contributed by atoms with Gasteiger partial charge in [0.2, 0.25) is 0 Å². The Morgan fingerprint density at radius 2 is 2.05 bits per heavy atom. The second-order valence-corrected chi connectivity index (χ2v) is 6.88. The van der Waals surface area contributed by atoms with E-state index in [9.17, 15) is 0 Å². The highest BCUT2D eigenvalue weighted by atomic mass is 15.3. The van der Waals surface area contributed by atoms with Crippen molar-refractivity contribution < 1.29 is 0 Å². The van der Waals surface area contributed by atoms with Crippen LogP contribution in [0.15, 0.2) is 30.3 Å². The van der Waals surface area contributed by atoms with Crippen LogP contribution in [-0.2, 0) is 6.42 Å². The highest BCUT2D eigenvalue weighted by molar-refractivity contribution is 5.14. The molecule has 2 heterocycles. The maximum absolute atomic E-state index is 6.40. The minimum atomic E-state index is 0.292. The van der Waals surface area contributed by atoms with Crippen molar-refractivity contribution >= 4 is 0 Å². The van der Waals surface area contributed by atoms with Gasteiger partial charge >= 0.3 is 0 Å². The molecule has 3 nitrogen and oxygen atoms in total. The first-order valence-electron chi connectivity index (χ1n) is 8.50. The van der Waals surface area contributed by atoms with Crippen LogP contribution >= 0.6 is 0 Å². The lowest BCUT2D eigenvalue weighted by Gasteiger charge is -2.43. The molecular formula is C18H29N3. The van der Waals surface area contributed by atoms with Gasteiger partial charge in [0.25, 0.3) is 0 Å². The lowest BCUT2D eigenvalue weighted by Crippen LogP contribution is -2.57. The molecule has 3 unspecified atom stereocenters. The zero-order valence-electron chi connectivity index (χ0n) is 13.2.